The van der Waals surface area contributed by atoms with Crippen LogP contribution < -0.4 is 4.72 Å². The predicted octanol–water partition coefficient (Wildman–Crippen LogP) is 2.21. The number of hydrogen-bond donors (Lipinski definition) is 1. The fourth-order valence-electron chi connectivity index (χ4n) is 1.87. The lowest BCUT2D eigenvalue weighted by Gasteiger charge is -2.10. The SMILES string of the molecule is Cc1ccccc1NS(=O)(=O)CCS(=O)(=O)c1ccccc1. The second kappa shape index (κ2) is 6.50. The van der Waals surface area contributed by atoms with Crippen molar-refractivity contribution < 1.29 is 16.8 Å². The number of aryl methyl sites for hydroxylation is 1. The van der Waals surface area contributed by atoms with Gasteiger partial charge in [-0.05, 0) is 30.7 Å². The predicted molar refractivity (Wildman–Crippen MR) is 87.1 cm³/mol. The average molecular weight is 339 g/mol. The highest BCUT2D eigenvalue weighted by molar-refractivity contribution is 7.95. The molecule has 0 bridgehead atoms. The third kappa shape index (κ3) is 4.32. The van der Waals surface area contributed by atoms with Gasteiger partial charge in [-0.2, -0.15) is 0 Å². The first-order valence-electron chi connectivity index (χ1n) is 6.64. The van der Waals surface area contributed by atoms with E-state index in [2.05, 4.69) is 4.72 Å². The molecule has 0 aromatic heterocycles. The molecular formula is C15H17NO4S2. The highest BCUT2D eigenvalue weighted by atomic mass is 32.2. The number of hydrogen-bond acceptors (Lipinski definition) is 4. The smallest absolute Gasteiger partial charge is 0.233 e. The summed E-state index contributed by atoms with van der Waals surface area (Å²) in [7, 11) is -7.34. The van der Waals surface area contributed by atoms with Gasteiger partial charge in [-0.3, -0.25) is 4.72 Å². The molecule has 22 heavy (non-hydrogen) atoms. The van der Waals surface area contributed by atoms with Gasteiger partial charge in [-0.15, -0.1) is 0 Å². The molecule has 0 saturated heterocycles. The van der Waals surface area contributed by atoms with Crippen molar-refractivity contribution in [1.29, 1.82) is 0 Å². The molecule has 0 atom stereocenters. The van der Waals surface area contributed by atoms with Crippen molar-refractivity contribution in [3.63, 3.8) is 0 Å². The Hall–Kier alpha value is -1.86. The highest BCUT2D eigenvalue weighted by Gasteiger charge is 2.20. The highest BCUT2D eigenvalue weighted by Crippen LogP contribution is 2.16. The monoisotopic (exact) mass is 339 g/mol. The van der Waals surface area contributed by atoms with E-state index in [9.17, 15) is 16.8 Å². The zero-order valence-corrected chi connectivity index (χ0v) is 13.7. The number of nitrogens with one attached hydrogen (secondary N) is 1. The minimum absolute atomic E-state index is 0.126. The topological polar surface area (TPSA) is 80.3 Å². The Balaban J connectivity index is 2.09. The summed E-state index contributed by atoms with van der Waals surface area (Å²) >= 11 is 0. The van der Waals surface area contributed by atoms with Crippen LogP contribution >= 0.6 is 0 Å². The molecule has 0 aliphatic heterocycles. The van der Waals surface area contributed by atoms with E-state index in [1.807, 2.05) is 0 Å². The zero-order valence-electron chi connectivity index (χ0n) is 12.1. The van der Waals surface area contributed by atoms with Gasteiger partial charge in [0.25, 0.3) is 0 Å². The summed E-state index contributed by atoms with van der Waals surface area (Å²) < 4.78 is 50.7. The molecule has 2 aromatic carbocycles. The van der Waals surface area contributed by atoms with Gasteiger partial charge in [0.15, 0.2) is 9.84 Å². The molecule has 0 spiro atoms. The molecular weight excluding hydrogens is 322 g/mol. The van der Waals surface area contributed by atoms with Crippen molar-refractivity contribution in [2.75, 3.05) is 16.2 Å². The fraction of sp³-hybridized carbons (Fsp3) is 0.200. The van der Waals surface area contributed by atoms with Gasteiger partial charge < -0.3 is 0 Å². The normalized spacial score (nSPS) is 12.0. The van der Waals surface area contributed by atoms with Crippen molar-refractivity contribution in [1.82, 2.24) is 0 Å². The van der Waals surface area contributed by atoms with E-state index >= 15 is 0 Å². The van der Waals surface area contributed by atoms with Gasteiger partial charge in [-0.25, -0.2) is 16.8 Å². The van der Waals surface area contributed by atoms with E-state index in [-0.39, 0.29) is 4.90 Å². The maximum Gasteiger partial charge on any atom is 0.233 e. The second-order valence-corrected chi connectivity index (χ2v) is 8.82. The fourth-order valence-corrected chi connectivity index (χ4v) is 5.10. The quantitative estimate of drug-likeness (QED) is 0.875. The minimum Gasteiger partial charge on any atom is -0.283 e. The summed E-state index contributed by atoms with van der Waals surface area (Å²) in [5, 5.41) is 0. The molecule has 1 N–H and O–H groups in total. The van der Waals surface area contributed by atoms with E-state index in [1.165, 1.54) is 12.1 Å². The van der Waals surface area contributed by atoms with Crippen LogP contribution in [0.5, 0.6) is 0 Å². The molecule has 118 valence electrons. The van der Waals surface area contributed by atoms with E-state index < -0.39 is 31.4 Å². The van der Waals surface area contributed by atoms with Gasteiger partial charge >= 0.3 is 0 Å². The van der Waals surface area contributed by atoms with Gasteiger partial charge in [0, 0.05) is 0 Å². The zero-order chi connectivity index (χ0) is 16.2. The summed E-state index contributed by atoms with van der Waals surface area (Å²) in [6, 6.07) is 14.7. The van der Waals surface area contributed by atoms with Crippen molar-refractivity contribution >= 4 is 25.5 Å². The van der Waals surface area contributed by atoms with Crippen LogP contribution in [-0.2, 0) is 19.9 Å². The largest absolute Gasteiger partial charge is 0.283 e. The van der Waals surface area contributed by atoms with Crippen molar-refractivity contribution in [2.24, 2.45) is 0 Å². The summed E-state index contributed by atoms with van der Waals surface area (Å²) in [4.78, 5) is 0.126. The molecule has 0 amide bonds. The number of sulfone groups is 1. The Morgan fingerprint density at radius 1 is 0.818 bits per heavy atom. The van der Waals surface area contributed by atoms with Crippen LogP contribution in [0.4, 0.5) is 5.69 Å². The van der Waals surface area contributed by atoms with Crippen LogP contribution in [0.25, 0.3) is 0 Å². The first kappa shape index (κ1) is 16.5. The summed E-state index contributed by atoms with van der Waals surface area (Å²) in [6.45, 7) is 1.78. The van der Waals surface area contributed by atoms with Crippen LogP contribution in [0, 0.1) is 6.92 Å². The Morgan fingerprint density at radius 3 is 2.05 bits per heavy atom. The number of para-hydroxylation sites is 1. The molecule has 7 heteroatoms. The summed E-state index contributed by atoms with van der Waals surface area (Å²) in [5.74, 6) is -0.948. The Kier molecular flexibility index (Phi) is 4.87. The molecule has 0 heterocycles. The molecule has 0 radical (unpaired) electrons. The van der Waals surface area contributed by atoms with Crippen LogP contribution in [0.2, 0.25) is 0 Å². The number of sulfonamides is 1. The first-order valence-corrected chi connectivity index (χ1v) is 9.94. The molecule has 2 aromatic rings. The second-order valence-electron chi connectivity index (χ2n) is 4.87. The number of anilines is 1. The lowest BCUT2D eigenvalue weighted by molar-refractivity contribution is 0.590. The van der Waals surface area contributed by atoms with Crippen molar-refractivity contribution in [3.8, 4) is 0 Å². The lowest BCUT2D eigenvalue weighted by atomic mass is 10.2. The maximum atomic E-state index is 12.1. The van der Waals surface area contributed by atoms with Gasteiger partial charge in [0.2, 0.25) is 10.0 Å². The molecule has 5 nitrogen and oxygen atoms in total. The van der Waals surface area contributed by atoms with Gasteiger partial charge in [0.05, 0.1) is 22.1 Å². The van der Waals surface area contributed by atoms with Crippen LogP contribution in [0.3, 0.4) is 0 Å². The van der Waals surface area contributed by atoms with E-state index in [0.717, 1.165) is 5.56 Å². The number of rotatable bonds is 6. The average Bonchev–Trinajstić information content (AvgIpc) is 2.49. The summed E-state index contributed by atoms with van der Waals surface area (Å²) in [6.07, 6.45) is 0. The molecule has 0 saturated carbocycles. The van der Waals surface area contributed by atoms with E-state index in [0.29, 0.717) is 5.69 Å². The Bertz CT molecular complexity index is 844. The van der Waals surface area contributed by atoms with Crippen molar-refractivity contribution in [3.05, 3.63) is 60.2 Å². The Morgan fingerprint density at radius 2 is 1.41 bits per heavy atom. The first-order chi connectivity index (χ1) is 10.3. The molecule has 0 unspecified atom stereocenters. The Labute approximate surface area is 131 Å². The maximum absolute atomic E-state index is 12.1. The van der Waals surface area contributed by atoms with E-state index in [1.54, 1.807) is 49.4 Å². The van der Waals surface area contributed by atoms with Gasteiger partial charge in [0.1, 0.15) is 0 Å². The third-order valence-corrected chi connectivity index (χ3v) is 6.40. The van der Waals surface area contributed by atoms with Crippen molar-refractivity contribution in [2.45, 2.75) is 11.8 Å². The molecule has 2 rings (SSSR count). The van der Waals surface area contributed by atoms with E-state index in [4.69, 9.17) is 0 Å². The molecule has 0 fully saturated rings. The third-order valence-electron chi connectivity index (χ3n) is 3.13. The van der Waals surface area contributed by atoms with Crippen LogP contribution in [0.1, 0.15) is 5.56 Å². The van der Waals surface area contributed by atoms with Crippen LogP contribution in [0.15, 0.2) is 59.5 Å². The molecule has 0 aliphatic carbocycles. The van der Waals surface area contributed by atoms with Gasteiger partial charge in [-0.1, -0.05) is 36.4 Å². The summed E-state index contributed by atoms with van der Waals surface area (Å²) in [5.41, 5.74) is 1.23. The minimum atomic E-state index is -3.73. The molecule has 0 aliphatic rings. The lowest BCUT2D eigenvalue weighted by Crippen LogP contribution is -2.23. The standard InChI is InChI=1S/C15H17NO4S2/c1-13-7-5-6-10-15(13)16-22(19,20)12-11-21(17,18)14-8-3-2-4-9-14/h2-10,16H,11-12H2,1H3. The number of benzene rings is 2. The van der Waals surface area contributed by atoms with Crippen LogP contribution in [-0.4, -0.2) is 28.3 Å².